The Bertz CT molecular complexity index is 1040. The predicted molar refractivity (Wildman–Crippen MR) is 146 cm³/mol. The van der Waals surface area contributed by atoms with Gasteiger partial charge in [-0.15, -0.1) is 12.8 Å². The number of hydrogen-bond donors (Lipinski definition) is 0. The number of carbonyl (C=O) groups is 1. The molecule has 4 atom stereocenters. The van der Waals surface area contributed by atoms with E-state index in [9.17, 15) is 4.79 Å². The molecular weight excluding hydrogens is 516 g/mol. The second kappa shape index (κ2) is 16.0. The Hall–Kier alpha value is -3.41. The molecule has 0 aliphatic carbocycles. The average Bonchev–Trinajstić information content (AvgIpc) is 3.92. The molecule has 0 spiro atoms. The van der Waals surface area contributed by atoms with Gasteiger partial charge in [-0.3, -0.25) is 4.79 Å². The Morgan fingerprint density at radius 1 is 0.725 bits per heavy atom. The Labute approximate surface area is 234 Å². The van der Waals surface area contributed by atoms with Gasteiger partial charge in [0.2, 0.25) is 0 Å². The molecule has 2 fully saturated rings. The first-order chi connectivity index (χ1) is 19.6. The van der Waals surface area contributed by atoms with Gasteiger partial charge in [0.05, 0.1) is 39.6 Å². The zero-order valence-corrected chi connectivity index (χ0v) is 22.3. The van der Waals surface area contributed by atoms with E-state index in [1.54, 1.807) is 48.5 Å². The van der Waals surface area contributed by atoms with E-state index in [1.807, 2.05) is 0 Å². The maximum Gasteiger partial charge on any atom is 0.193 e. The Kier molecular flexibility index (Phi) is 11.8. The number of carbonyl (C=O) groups excluding carboxylic acids is 1. The van der Waals surface area contributed by atoms with Crippen molar-refractivity contribution in [2.45, 2.75) is 24.4 Å². The summed E-state index contributed by atoms with van der Waals surface area (Å²) in [6.07, 6.45) is 10.2. The molecule has 2 saturated heterocycles. The van der Waals surface area contributed by atoms with Gasteiger partial charge in [-0.05, 0) is 48.5 Å². The average molecular weight is 551 g/mol. The molecule has 0 saturated carbocycles. The van der Waals surface area contributed by atoms with Gasteiger partial charge in [0, 0.05) is 11.1 Å². The number of ether oxygens (including phenoxy) is 8. The lowest BCUT2D eigenvalue weighted by atomic mass is 10.0. The molecule has 9 nitrogen and oxygen atoms in total. The molecule has 212 valence electrons. The first-order valence-electron chi connectivity index (χ1n) is 13.1. The minimum Gasteiger partial charge on any atom is -0.491 e. The highest BCUT2D eigenvalue weighted by atomic mass is 16.6. The van der Waals surface area contributed by atoms with Crippen LogP contribution in [0.15, 0.2) is 48.5 Å². The third kappa shape index (κ3) is 10.6. The van der Waals surface area contributed by atoms with Gasteiger partial charge in [-0.25, -0.2) is 0 Å². The van der Waals surface area contributed by atoms with E-state index in [-0.39, 0.29) is 56.6 Å². The first kappa shape index (κ1) is 29.6. The van der Waals surface area contributed by atoms with Gasteiger partial charge < -0.3 is 37.9 Å². The molecule has 0 amide bonds. The van der Waals surface area contributed by atoms with Crippen molar-refractivity contribution in [3.63, 3.8) is 0 Å². The fourth-order valence-electron chi connectivity index (χ4n) is 3.55. The van der Waals surface area contributed by atoms with Gasteiger partial charge in [0.1, 0.15) is 62.3 Å². The van der Waals surface area contributed by atoms with E-state index in [0.29, 0.717) is 62.3 Å². The van der Waals surface area contributed by atoms with E-state index >= 15 is 0 Å². The molecule has 4 unspecified atom stereocenters. The lowest BCUT2D eigenvalue weighted by molar-refractivity contribution is -0.0355. The molecule has 0 N–H and O–H groups in total. The third-order valence-electron chi connectivity index (χ3n) is 5.92. The highest BCUT2D eigenvalue weighted by Gasteiger charge is 2.25. The van der Waals surface area contributed by atoms with Gasteiger partial charge >= 0.3 is 0 Å². The normalized spacial score (nSPS) is 18.6. The van der Waals surface area contributed by atoms with Crippen LogP contribution in [0.5, 0.6) is 11.5 Å². The monoisotopic (exact) mass is 550 g/mol. The Morgan fingerprint density at radius 2 is 1.12 bits per heavy atom. The molecule has 4 rings (SSSR count). The van der Waals surface area contributed by atoms with Crippen LogP contribution in [0, 0.1) is 24.7 Å². The van der Waals surface area contributed by atoms with Crippen LogP contribution in [0.2, 0.25) is 0 Å². The number of benzene rings is 2. The quantitative estimate of drug-likeness (QED) is 0.107. The number of terminal acetylenes is 2. The number of ketones is 1. The Balaban J connectivity index is 1.24. The molecule has 0 aromatic heterocycles. The number of epoxide rings is 2. The molecule has 9 heteroatoms. The largest absolute Gasteiger partial charge is 0.491 e. The van der Waals surface area contributed by atoms with Crippen molar-refractivity contribution >= 4 is 5.78 Å². The maximum atomic E-state index is 13.0. The molecule has 2 aliphatic heterocycles. The molecule has 0 bridgehead atoms. The van der Waals surface area contributed by atoms with Crippen molar-refractivity contribution < 1.29 is 42.7 Å². The van der Waals surface area contributed by atoms with Crippen LogP contribution in [0.25, 0.3) is 0 Å². The molecule has 2 aromatic rings. The molecule has 2 aliphatic rings. The smallest absolute Gasteiger partial charge is 0.193 e. The minimum absolute atomic E-state index is 0.111. The molecule has 2 heterocycles. The van der Waals surface area contributed by atoms with Crippen molar-refractivity contribution in [2.75, 3.05) is 66.1 Å². The van der Waals surface area contributed by atoms with Crippen molar-refractivity contribution in [2.24, 2.45) is 0 Å². The van der Waals surface area contributed by atoms with Crippen molar-refractivity contribution in [1.29, 1.82) is 0 Å². The summed E-state index contributed by atoms with van der Waals surface area (Å²) in [4.78, 5) is 13.0. The molecule has 2 aromatic carbocycles. The highest BCUT2D eigenvalue weighted by molar-refractivity contribution is 6.09. The summed E-state index contributed by atoms with van der Waals surface area (Å²) in [6, 6.07) is 13.9. The summed E-state index contributed by atoms with van der Waals surface area (Å²) in [7, 11) is 0. The lowest BCUT2D eigenvalue weighted by Crippen LogP contribution is -2.29. The zero-order chi connectivity index (χ0) is 28.0. The van der Waals surface area contributed by atoms with Crippen LogP contribution in [0.1, 0.15) is 15.9 Å². The van der Waals surface area contributed by atoms with E-state index in [1.165, 1.54) is 0 Å². The highest BCUT2D eigenvalue weighted by Crippen LogP contribution is 2.19. The van der Waals surface area contributed by atoms with Gasteiger partial charge in [0.15, 0.2) is 5.78 Å². The summed E-state index contributed by atoms with van der Waals surface area (Å²) in [6.45, 7) is 3.98. The third-order valence-corrected chi connectivity index (χ3v) is 5.92. The van der Waals surface area contributed by atoms with Gasteiger partial charge in [-0.1, -0.05) is 11.8 Å². The summed E-state index contributed by atoms with van der Waals surface area (Å²) in [5.41, 5.74) is 1.08. The van der Waals surface area contributed by atoms with Crippen LogP contribution >= 0.6 is 0 Å². The van der Waals surface area contributed by atoms with Crippen molar-refractivity contribution in [3.8, 4) is 36.2 Å². The topological polar surface area (TPSA) is 97.5 Å². The Morgan fingerprint density at radius 3 is 1.48 bits per heavy atom. The van der Waals surface area contributed by atoms with Crippen LogP contribution in [-0.4, -0.2) is 96.3 Å². The SMILES string of the molecule is C#CCOCC(COc1ccc(C(=O)c2ccc(OCC(COCC#C)OCC3CO3)cc2)cc1)OCC1CO1. The van der Waals surface area contributed by atoms with E-state index < -0.39 is 0 Å². The fraction of sp³-hybridized carbons (Fsp3) is 0.452. The number of hydrogen-bond acceptors (Lipinski definition) is 9. The fourth-order valence-corrected chi connectivity index (χ4v) is 3.55. The van der Waals surface area contributed by atoms with Crippen molar-refractivity contribution in [1.82, 2.24) is 0 Å². The minimum atomic E-state index is -0.288. The van der Waals surface area contributed by atoms with E-state index in [4.69, 9.17) is 50.7 Å². The van der Waals surface area contributed by atoms with E-state index in [2.05, 4.69) is 11.8 Å². The van der Waals surface area contributed by atoms with Gasteiger partial charge in [-0.2, -0.15) is 0 Å². The van der Waals surface area contributed by atoms with Crippen LogP contribution < -0.4 is 9.47 Å². The summed E-state index contributed by atoms with van der Waals surface area (Å²) in [5, 5.41) is 0. The predicted octanol–water partition coefficient (Wildman–Crippen LogP) is 2.54. The molecular formula is C31H34O9. The van der Waals surface area contributed by atoms with Gasteiger partial charge in [0.25, 0.3) is 0 Å². The first-order valence-corrected chi connectivity index (χ1v) is 13.1. The molecule has 0 radical (unpaired) electrons. The summed E-state index contributed by atoms with van der Waals surface area (Å²) in [5.74, 6) is 5.99. The molecule has 40 heavy (non-hydrogen) atoms. The van der Waals surface area contributed by atoms with E-state index in [0.717, 1.165) is 0 Å². The standard InChI is InChI=1S/C31H34O9/c1-3-13-33-15-27(37-19-29-21-39-29)17-35-25-9-5-23(6-10-25)31(32)24-7-11-26(12-8-24)36-18-28(16-34-14-4-2)38-20-30-22-40-30/h1-2,5-12,27-30H,13-22H2. The second-order valence-corrected chi connectivity index (χ2v) is 9.26. The van der Waals surface area contributed by atoms with Crippen LogP contribution in [0.3, 0.4) is 0 Å². The van der Waals surface area contributed by atoms with Crippen molar-refractivity contribution in [3.05, 3.63) is 59.7 Å². The number of rotatable bonds is 20. The van der Waals surface area contributed by atoms with Crippen LogP contribution in [0.4, 0.5) is 0 Å². The lowest BCUT2D eigenvalue weighted by Gasteiger charge is -2.18. The second-order valence-electron chi connectivity index (χ2n) is 9.26. The zero-order valence-electron chi connectivity index (χ0n) is 22.3. The maximum absolute atomic E-state index is 13.0. The summed E-state index contributed by atoms with van der Waals surface area (Å²) < 4.78 is 44.5. The van der Waals surface area contributed by atoms with Crippen LogP contribution in [-0.2, 0) is 28.4 Å². The summed E-state index contributed by atoms with van der Waals surface area (Å²) >= 11 is 0.